The number of Topliss-reactive ketones (excluding diaryl/α,β-unsaturated/α-hetero) is 1. The van der Waals surface area contributed by atoms with Crippen LogP contribution in [-0.2, 0) is 29.3 Å². The molecule has 272 valence electrons. The summed E-state index contributed by atoms with van der Waals surface area (Å²) in [4.78, 5) is 62.9. The zero-order valence-corrected chi connectivity index (χ0v) is 29.9. The standard InChI is InChI=1S/C45H40N2O7/c1-53-37-14-8-13-33(42(37)50)40-31-19-20-32-39(44(52)47(43(32)51)30-17-15-29(16-18-30)46-21-23-54-24-22-46)35(31)25-36-41(49)34(27-9-4-2-5-10-27)26-38(48)45(36,40)28-11-6-3-7-12-28/h2-19,26,32,35-36,39-40,50H,20-25H2,1H3/t32-,35+,36-,39-,40+,45-/m0/s1. The van der Waals surface area contributed by atoms with Crippen molar-refractivity contribution < 1.29 is 33.8 Å². The van der Waals surface area contributed by atoms with Crippen LogP contribution >= 0.6 is 0 Å². The van der Waals surface area contributed by atoms with Crippen molar-refractivity contribution in [2.45, 2.75) is 24.2 Å². The normalized spacial score (nSPS) is 27.8. The van der Waals surface area contributed by atoms with Crippen LogP contribution in [0, 0.1) is 23.7 Å². The van der Waals surface area contributed by atoms with E-state index in [9.17, 15) is 14.7 Å². The Hall–Kier alpha value is -5.80. The van der Waals surface area contributed by atoms with Gasteiger partial charge in [0.05, 0.1) is 43.3 Å². The SMILES string of the molecule is COc1cccc([C@H]2C3=CC[C@@H]4C(=O)N(c5ccc(N6CCOCC6)cc5)C(=O)[C@@H]4[C@@H]3C[C@H]3C(=O)C(c4ccccc4)=CC(=O)[C@@]23c2ccccc2)c1O. The van der Waals surface area contributed by atoms with E-state index in [1.165, 1.54) is 18.1 Å². The van der Waals surface area contributed by atoms with Crippen LogP contribution in [0.2, 0.25) is 0 Å². The number of imide groups is 1. The topological polar surface area (TPSA) is 113 Å². The zero-order chi connectivity index (χ0) is 37.1. The Morgan fingerprint density at radius 2 is 1.46 bits per heavy atom. The van der Waals surface area contributed by atoms with Crippen molar-refractivity contribution in [2.24, 2.45) is 23.7 Å². The number of aromatic hydroxyl groups is 1. The Morgan fingerprint density at radius 1 is 0.778 bits per heavy atom. The van der Waals surface area contributed by atoms with Gasteiger partial charge >= 0.3 is 0 Å². The molecule has 9 heteroatoms. The van der Waals surface area contributed by atoms with Crippen LogP contribution in [-0.4, -0.2) is 61.9 Å². The van der Waals surface area contributed by atoms with Crippen LogP contribution in [0.25, 0.3) is 5.57 Å². The Morgan fingerprint density at radius 3 is 2.17 bits per heavy atom. The summed E-state index contributed by atoms with van der Waals surface area (Å²) < 4.78 is 11.1. The van der Waals surface area contributed by atoms with Crippen molar-refractivity contribution in [2.75, 3.05) is 43.2 Å². The summed E-state index contributed by atoms with van der Waals surface area (Å²) in [7, 11) is 1.47. The van der Waals surface area contributed by atoms with E-state index < -0.39 is 35.0 Å². The van der Waals surface area contributed by atoms with Gasteiger partial charge in [0.2, 0.25) is 11.8 Å². The molecule has 6 atom stereocenters. The van der Waals surface area contributed by atoms with Crippen molar-refractivity contribution in [3.8, 4) is 11.5 Å². The highest BCUT2D eigenvalue weighted by Gasteiger charge is 2.66. The van der Waals surface area contributed by atoms with Gasteiger partial charge < -0.3 is 19.5 Å². The number of fused-ring (bicyclic) bond motifs is 4. The number of rotatable bonds is 6. The zero-order valence-electron chi connectivity index (χ0n) is 29.9. The lowest BCUT2D eigenvalue weighted by Gasteiger charge is -2.55. The van der Waals surface area contributed by atoms with Crippen molar-refractivity contribution >= 4 is 40.3 Å². The molecule has 4 aromatic carbocycles. The molecule has 0 spiro atoms. The van der Waals surface area contributed by atoms with E-state index in [0.29, 0.717) is 41.2 Å². The number of hydrogen-bond donors (Lipinski definition) is 1. The molecule has 3 aliphatic carbocycles. The van der Waals surface area contributed by atoms with Gasteiger partial charge in [-0.15, -0.1) is 0 Å². The molecule has 54 heavy (non-hydrogen) atoms. The quantitative estimate of drug-likeness (QED) is 0.183. The number of morpholine rings is 1. The molecular formula is C45H40N2O7. The maximum absolute atomic E-state index is 15.2. The van der Waals surface area contributed by atoms with Gasteiger partial charge in [-0.05, 0) is 66.3 Å². The first-order chi connectivity index (χ1) is 26.3. The molecule has 9 rings (SSSR count). The molecule has 0 aromatic heterocycles. The number of carbonyl (C=O) groups excluding carboxylic acids is 4. The molecule has 9 nitrogen and oxygen atoms in total. The number of carbonyl (C=O) groups is 4. The summed E-state index contributed by atoms with van der Waals surface area (Å²) >= 11 is 0. The number of amides is 2. The van der Waals surface area contributed by atoms with Gasteiger partial charge in [0.25, 0.3) is 0 Å². The van der Waals surface area contributed by atoms with Crippen LogP contribution in [0.15, 0.2) is 121 Å². The van der Waals surface area contributed by atoms with Crippen molar-refractivity contribution in [1.82, 2.24) is 0 Å². The molecular weight excluding hydrogens is 681 g/mol. The number of ketones is 2. The van der Waals surface area contributed by atoms with E-state index in [1.807, 2.05) is 91.0 Å². The molecule has 3 fully saturated rings. The summed E-state index contributed by atoms with van der Waals surface area (Å²) in [6, 6.07) is 31.2. The van der Waals surface area contributed by atoms with Gasteiger partial charge in [0, 0.05) is 41.7 Å². The number of nitrogens with zero attached hydrogens (tertiary/aromatic N) is 2. The van der Waals surface area contributed by atoms with E-state index in [2.05, 4.69) is 4.90 Å². The minimum atomic E-state index is -1.45. The summed E-state index contributed by atoms with van der Waals surface area (Å²) in [5.74, 6) is -4.61. The second-order valence-corrected chi connectivity index (χ2v) is 14.8. The second kappa shape index (κ2) is 13.2. The molecule has 2 aliphatic heterocycles. The Bertz CT molecular complexity index is 2230. The van der Waals surface area contributed by atoms with Crippen molar-refractivity contribution in [3.63, 3.8) is 0 Å². The van der Waals surface area contributed by atoms with Crippen LogP contribution in [0.5, 0.6) is 11.5 Å². The number of methoxy groups -OCH3 is 1. The van der Waals surface area contributed by atoms with Crippen molar-refractivity contribution in [3.05, 3.63) is 138 Å². The lowest BCUT2D eigenvalue weighted by Crippen LogP contribution is -2.58. The van der Waals surface area contributed by atoms with E-state index in [-0.39, 0.29) is 47.7 Å². The van der Waals surface area contributed by atoms with E-state index in [0.717, 1.165) is 24.4 Å². The fourth-order valence-electron chi connectivity index (χ4n) is 10.0. The molecule has 2 saturated heterocycles. The third-order valence-electron chi connectivity index (χ3n) is 12.4. The number of ether oxygens (including phenoxy) is 2. The van der Waals surface area contributed by atoms with Gasteiger partial charge in [-0.3, -0.25) is 24.1 Å². The highest BCUT2D eigenvalue weighted by atomic mass is 16.5. The summed E-state index contributed by atoms with van der Waals surface area (Å²) in [5.41, 5.74) is 2.88. The van der Waals surface area contributed by atoms with Crippen LogP contribution in [0.1, 0.15) is 35.4 Å². The molecule has 1 saturated carbocycles. The summed E-state index contributed by atoms with van der Waals surface area (Å²) in [6.45, 7) is 2.81. The van der Waals surface area contributed by atoms with E-state index >= 15 is 9.59 Å². The largest absolute Gasteiger partial charge is 0.504 e. The van der Waals surface area contributed by atoms with E-state index in [1.54, 1.807) is 18.2 Å². The summed E-state index contributed by atoms with van der Waals surface area (Å²) in [6.07, 6.45) is 3.94. The third kappa shape index (κ3) is 5.01. The molecule has 2 amide bonds. The first-order valence-corrected chi connectivity index (χ1v) is 18.6. The van der Waals surface area contributed by atoms with E-state index in [4.69, 9.17) is 9.47 Å². The maximum Gasteiger partial charge on any atom is 0.238 e. The molecule has 2 heterocycles. The fourth-order valence-corrected chi connectivity index (χ4v) is 10.0. The minimum absolute atomic E-state index is 0.128. The van der Waals surface area contributed by atoms with Crippen molar-refractivity contribution in [1.29, 1.82) is 0 Å². The number of anilines is 2. The van der Waals surface area contributed by atoms with Gasteiger partial charge in [-0.25, -0.2) is 0 Å². The molecule has 0 unspecified atom stereocenters. The highest BCUT2D eigenvalue weighted by Crippen LogP contribution is 2.65. The first-order valence-electron chi connectivity index (χ1n) is 18.6. The average molecular weight is 721 g/mol. The lowest BCUT2D eigenvalue weighted by atomic mass is 9.44. The monoisotopic (exact) mass is 720 g/mol. The van der Waals surface area contributed by atoms with Gasteiger partial charge in [-0.2, -0.15) is 0 Å². The smallest absolute Gasteiger partial charge is 0.238 e. The Balaban J connectivity index is 1.20. The molecule has 4 aromatic rings. The number of allylic oxidation sites excluding steroid dienone is 4. The van der Waals surface area contributed by atoms with Gasteiger partial charge in [-0.1, -0.05) is 84.4 Å². The predicted octanol–water partition coefficient (Wildman–Crippen LogP) is 6.27. The third-order valence-corrected chi connectivity index (χ3v) is 12.4. The Kier molecular flexibility index (Phi) is 8.34. The fraction of sp³-hybridized carbons (Fsp3) is 0.289. The number of phenols is 1. The molecule has 0 bridgehead atoms. The number of para-hydroxylation sites is 1. The predicted molar refractivity (Wildman–Crippen MR) is 203 cm³/mol. The molecule has 5 aliphatic rings. The average Bonchev–Trinajstić information content (AvgIpc) is 3.48. The molecule has 1 N–H and O–H groups in total. The minimum Gasteiger partial charge on any atom is -0.504 e. The van der Waals surface area contributed by atoms with Crippen LogP contribution in [0.4, 0.5) is 11.4 Å². The molecule has 0 radical (unpaired) electrons. The highest BCUT2D eigenvalue weighted by molar-refractivity contribution is 6.32. The Labute approximate surface area is 313 Å². The number of benzene rings is 4. The summed E-state index contributed by atoms with van der Waals surface area (Å²) in [5, 5.41) is 11.9. The number of phenolic OH excluding ortho intramolecular Hbond substituents is 1. The first kappa shape index (κ1) is 34.0. The second-order valence-electron chi connectivity index (χ2n) is 14.8. The van der Waals surface area contributed by atoms with Crippen LogP contribution < -0.4 is 14.5 Å². The van der Waals surface area contributed by atoms with Gasteiger partial charge in [0.15, 0.2) is 23.1 Å². The number of hydrogen-bond acceptors (Lipinski definition) is 8. The maximum atomic E-state index is 15.2. The van der Waals surface area contributed by atoms with Crippen LogP contribution in [0.3, 0.4) is 0 Å². The lowest BCUT2D eigenvalue weighted by molar-refractivity contribution is -0.135. The van der Waals surface area contributed by atoms with Gasteiger partial charge in [0.1, 0.15) is 0 Å².